The lowest BCUT2D eigenvalue weighted by atomic mass is 10.1. The molecular weight excluding hydrogens is 408 g/mol. The first-order chi connectivity index (χ1) is 15.6. The van der Waals surface area contributed by atoms with Crippen LogP contribution in [0.15, 0.2) is 85.1 Å². The van der Waals surface area contributed by atoms with Gasteiger partial charge < -0.3 is 5.32 Å². The molecule has 1 amide bonds. The van der Waals surface area contributed by atoms with E-state index >= 15 is 0 Å². The van der Waals surface area contributed by atoms with E-state index < -0.39 is 0 Å². The maximum atomic E-state index is 13.3. The zero-order chi connectivity index (χ0) is 22.3. The molecule has 4 rings (SSSR count). The minimum atomic E-state index is -0.357. The van der Waals surface area contributed by atoms with Crippen LogP contribution in [0.3, 0.4) is 0 Å². The highest BCUT2D eigenvalue weighted by molar-refractivity contribution is 5.93. The smallest absolute Gasteiger partial charge is 0.230 e. The summed E-state index contributed by atoms with van der Waals surface area (Å²) in [6.45, 7) is 0. The van der Waals surface area contributed by atoms with Gasteiger partial charge in [0.2, 0.25) is 5.91 Å². The summed E-state index contributed by atoms with van der Waals surface area (Å²) in [5.41, 5.74) is 3.36. The van der Waals surface area contributed by atoms with E-state index in [0.29, 0.717) is 28.3 Å². The molecule has 0 unspecified atom stereocenters. The minimum Gasteiger partial charge on any atom is -0.309 e. The number of carbonyl (C=O) groups is 1. The predicted molar refractivity (Wildman–Crippen MR) is 122 cm³/mol. The molecule has 0 bridgehead atoms. The second-order valence-corrected chi connectivity index (χ2v) is 7.09. The quantitative estimate of drug-likeness (QED) is 0.425. The van der Waals surface area contributed by atoms with Crippen LogP contribution in [0.25, 0.3) is 23.4 Å². The molecule has 0 aliphatic carbocycles. The second kappa shape index (κ2) is 9.75. The molecule has 3 aromatic carbocycles. The molecule has 0 aliphatic heterocycles. The SMILES string of the molecule is O=C(Cc1ccc(F)cc1)Nc1ncc(-c2ccc(F)cc2)nc1C=Cc1ccccc1. The number of rotatable bonds is 6. The van der Waals surface area contributed by atoms with E-state index in [0.717, 1.165) is 5.56 Å². The highest BCUT2D eigenvalue weighted by atomic mass is 19.1. The number of hydrogen-bond acceptors (Lipinski definition) is 3. The molecule has 1 N–H and O–H groups in total. The van der Waals surface area contributed by atoms with Crippen molar-refractivity contribution in [1.82, 2.24) is 9.97 Å². The molecule has 32 heavy (non-hydrogen) atoms. The molecule has 0 atom stereocenters. The van der Waals surface area contributed by atoms with Crippen molar-refractivity contribution < 1.29 is 13.6 Å². The summed E-state index contributed by atoms with van der Waals surface area (Å²) < 4.78 is 26.4. The van der Waals surface area contributed by atoms with Crippen LogP contribution in [0.1, 0.15) is 16.8 Å². The average Bonchev–Trinajstić information content (AvgIpc) is 2.81. The third-order valence-corrected chi connectivity index (χ3v) is 4.71. The van der Waals surface area contributed by atoms with Crippen LogP contribution in [-0.4, -0.2) is 15.9 Å². The number of benzene rings is 3. The fraction of sp³-hybridized carbons (Fsp3) is 0.0385. The van der Waals surface area contributed by atoms with E-state index in [2.05, 4.69) is 15.3 Å². The summed E-state index contributed by atoms with van der Waals surface area (Å²) in [4.78, 5) is 21.6. The van der Waals surface area contributed by atoms with Gasteiger partial charge in [0, 0.05) is 5.56 Å². The molecule has 0 aliphatic rings. The van der Waals surface area contributed by atoms with Crippen LogP contribution in [-0.2, 0) is 11.2 Å². The number of carbonyl (C=O) groups excluding carboxylic acids is 1. The summed E-state index contributed by atoms with van der Waals surface area (Å²) in [5.74, 6) is -0.690. The lowest BCUT2D eigenvalue weighted by Gasteiger charge is -2.10. The molecule has 0 spiro atoms. The molecule has 0 saturated carbocycles. The van der Waals surface area contributed by atoms with Gasteiger partial charge in [-0.1, -0.05) is 48.5 Å². The zero-order valence-electron chi connectivity index (χ0n) is 17.0. The highest BCUT2D eigenvalue weighted by Gasteiger charge is 2.11. The number of aromatic nitrogens is 2. The third-order valence-electron chi connectivity index (χ3n) is 4.71. The fourth-order valence-electron chi connectivity index (χ4n) is 3.08. The summed E-state index contributed by atoms with van der Waals surface area (Å²) in [5, 5.41) is 2.78. The predicted octanol–water partition coefficient (Wildman–Crippen LogP) is 5.77. The standard InChI is InChI=1S/C26H19F2N3O/c27-21-11-6-19(7-12-21)16-25(32)31-26-23(15-8-18-4-2-1-3-5-18)30-24(17-29-26)20-9-13-22(28)14-10-20/h1-15,17H,16H2,(H,29,31,32). The van der Waals surface area contributed by atoms with Crippen LogP contribution < -0.4 is 5.32 Å². The first-order valence-electron chi connectivity index (χ1n) is 9.97. The average molecular weight is 427 g/mol. The fourth-order valence-corrected chi connectivity index (χ4v) is 3.08. The molecule has 0 saturated heterocycles. The second-order valence-electron chi connectivity index (χ2n) is 7.09. The lowest BCUT2D eigenvalue weighted by Crippen LogP contribution is -2.16. The van der Waals surface area contributed by atoms with Gasteiger partial charge in [-0.15, -0.1) is 0 Å². The Balaban J connectivity index is 1.62. The Bertz CT molecular complexity index is 1240. The molecule has 158 valence electrons. The molecule has 4 aromatic rings. The van der Waals surface area contributed by atoms with Crippen molar-refractivity contribution in [3.05, 3.63) is 114 Å². The van der Waals surface area contributed by atoms with Gasteiger partial charge in [-0.3, -0.25) is 4.79 Å². The normalized spacial score (nSPS) is 10.9. The third kappa shape index (κ3) is 5.49. The number of halogens is 2. The highest BCUT2D eigenvalue weighted by Crippen LogP contribution is 2.22. The number of nitrogens with one attached hydrogen (secondary N) is 1. The van der Waals surface area contributed by atoms with Gasteiger partial charge in [-0.05, 0) is 53.6 Å². The van der Waals surface area contributed by atoms with E-state index in [4.69, 9.17) is 0 Å². The van der Waals surface area contributed by atoms with Crippen molar-refractivity contribution in [3.63, 3.8) is 0 Å². The lowest BCUT2D eigenvalue weighted by molar-refractivity contribution is -0.115. The molecule has 0 fully saturated rings. The first-order valence-corrected chi connectivity index (χ1v) is 9.97. The van der Waals surface area contributed by atoms with E-state index in [9.17, 15) is 13.6 Å². The number of anilines is 1. The number of nitrogens with zero attached hydrogens (tertiary/aromatic N) is 2. The molecule has 0 radical (unpaired) electrons. The maximum Gasteiger partial charge on any atom is 0.230 e. The van der Waals surface area contributed by atoms with Gasteiger partial charge >= 0.3 is 0 Å². The van der Waals surface area contributed by atoms with Crippen LogP contribution in [0, 0.1) is 11.6 Å². The van der Waals surface area contributed by atoms with Crippen molar-refractivity contribution in [1.29, 1.82) is 0 Å². The van der Waals surface area contributed by atoms with Crippen molar-refractivity contribution >= 4 is 23.9 Å². The summed E-state index contributed by atoms with van der Waals surface area (Å²) in [6.07, 6.45) is 5.24. The zero-order valence-corrected chi connectivity index (χ0v) is 17.0. The van der Waals surface area contributed by atoms with Gasteiger partial charge in [0.15, 0.2) is 5.82 Å². The Kier molecular flexibility index (Phi) is 6.41. The van der Waals surface area contributed by atoms with Crippen LogP contribution in [0.5, 0.6) is 0 Å². The first kappa shape index (κ1) is 21.1. The molecule has 4 nitrogen and oxygen atoms in total. The number of amides is 1. The van der Waals surface area contributed by atoms with Gasteiger partial charge in [0.05, 0.1) is 18.3 Å². The van der Waals surface area contributed by atoms with Gasteiger partial charge in [0.25, 0.3) is 0 Å². The summed E-state index contributed by atoms with van der Waals surface area (Å²) in [7, 11) is 0. The van der Waals surface area contributed by atoms with E-state index in [-0.39, 0.29) is 24.0 Å². The maximum absolute atomic E-state index is 13.3. The molecule has 1 aromatic heterocycles. The van der Waals surface area contributed by atoms with Crippen LogP contribution in [0.2, 0.25) is 0 Å². The van der Waals surface area contributed by atoms with E-state index in [1.54, 1.807) is 30.3 Å². The minimum absolute atomic E-state index is 0.0729. The summed E-state index contributed by atoms with van der Waals surface area (Å²) in [6, 6.07) is 21.4. The molecule has 1 heterocycles. The Labute approximate surface area is 184 Å². The monoisotopic (exact) mass is 427 g/mol. The largest absolute Gasteiger partial charge is 0.309 e. The van der Waals surface area contributed by atoms with E-state index in [1.165, 1.54) is 30.5 Å². The summed E-state index contributed by atoms with van der Waals surface area (Å²) >= 11 is 0. The van der Waals surface area contributed by atoms with E-state index in [1.807, 2.05) is 36.4 Å². The van der Waals surface area contributed by atoms with Gasteiger partial charge in [0.1, 0.15) is 17.3 Å². The molecular formula is C26H19F2N3O. The van der Waals surface area contributed by atoms with Crippen LogP contribution in [0.4, 0.5) is 14.6 Å². The van der Waals surface area contributed by atoms with Crippen molar-refractivity contribution in [2.45, 2.75) is 6.42 Å². The Morgan fingerprint density at radius 3 is 2.19 bits per heavy atom. The number of hydrogen-bond donors (Lipinski definition) is 1. The Morgan fingerprint density at radius 1 is 0.844 bits per heavy atom. The van der Waals surface area contributed by atoms with Gasteiger partial charge in [-0.25, -0.2) is 18.7 Å². The van der Waals surface area contributed by atoms with Crippen molar-refractivity contribution in [2.75, 3.05) is 5.32 Å². The van der Waals surface area contributed by atoms with Crippen molar-refractivity contribution in [2.24, 2.45) is 0 Å². The van der Waals surface area contributed by atoms with Gasteiger partial charge in [-0.2, -0.15) is 0 Å². The molecule has 6 heteroatoms. The van der Waals surface area contributed by atoms with Crippen molar-refractivity contribution in [3.8, 4) is 11.3 Å². The Hall–Kier alpha value is -4.19. The Morgan fingerprint density at radius 2 is 1.50 bits per heavy atom. The van der Waals surface area contributed by atoms with Crippen LogP contribution >= 0.6 is 0 Å². The topological polar surface area (TPSA) is 54.9 Å².